The molecule has 0 spiro atoms. The van der Waals surface area contributed by atoms with Crippen molar-refractivity contribution in [3.63, 3.8) is 0 Å². The van der Waals surface area contributed by atoms with Crippen molar-refractivity contribution in [2.75, 3.05) is 11.9 Å². The number of carbonyl (C=O) groups is 1. The van der Waals surface area contributed by atoms with Crippen LogP contribution in [-0.4, -0.2) is 12.5 Å². The SMILES string of the molecule is CCOc1ccc(NC(=O)CCc2ccc(Cl)cc2)cc1. The Labute approximate surface area is 129 Å². The van der Waals surface area contributed by atoms with Gasteiger partial charge in [0.2, 0.25) is 5.91 Å². The molecule has 0 unspecified atom stereocenters. The lowest BCUT2D eigenvalue weighted by Gasteiger charge is -2.07. The highest BCUT2D eigenvalue weighted by Crippen LogP contribution is 2.16. The van der Waals surface area contributed by atoms with Crippen molar-refractivity contribution in [1.82, 2.24) is 0 Å². The van der Waals surface area contributed by atoms with Gasteiger partial charge in [-0.25, -0.2) is 0 Å². The van der Waals surface area contributed by atoms with Crippen LogP contribution < -0.4 is 10.1 Å². The Bertz CT molecular complexity index is 579. The van der Waals surface area contributed by atoms with E-state index in [1.54, 1.807) is 0 Å². The van der Waals surface area contributed by atoms with Gasteiger partial charge in [-0.1, -0.05) is 23.7 Å². The Kier molecular flexibility index (Phi) is 5.64. The lowest BCUT2D eigenvalue weighted by atomic mass is 10.1. The van der Waals surface area contributed by atoms with Gasteiger partial charge in [0, 0.05) is 17.1 Å². The molecule has 0 heterocycles. The zero-order chi connectivity index (χ0) is 15.1. The second-order valence-corrected chi connectivity index (χ2v) is 5.07. The lowest BCUT2D eigenvalue weighted by Crippen LogP contribution is -2.12. The average Bonchev–Trinajstić information content (AvgIpc) is 2.49. The topological polar surface area (TPSA) is 38.3 Å². The van der Waals surface area contributed by atoms with Gasteiger partial charge in [-0.05, 0) is 55.3 Å². The molecular formula is C17H18ClNO2. The van der Waals surface area contributed by atoms with Crippen molar-refractivity contribution >= 4 is 23.2 Å². The second kappa shape index (κ2) is 7.70. The van der Waals surface area contributed by atoms with Gasteiger partial charge >= 0.3 is 0 Å². The largest absolute Gasteiger partial charge is 0.494 e. The number of nitrogens with one attached hydrogen (secondary N) is 1. The van der Waals surface area contributed by atoms with Gasteiger partial charge in [0.15, 0.2) is 0 Å². The minimum atomic E-state index is -0.00545. The molecule has 0 saturated heterocycles. The van der Waals surface area contributed by atoms with Crippen molar-refractivity contribution < 1.29 is 9.53 Å². The maximum absolute atomic E-state index is 11.9. The summed E-state index contributed by atoms with van der Waals surface area (Å²) in [6.07, 6.45) is 1.13. The van der Waals surface area contributed by atoms with E-state index in [9.17, 15) is 4.79 Å². The first-order chi connectivity index (χ1) is 10.2. The molecule has 2 aromatic carbocycles. The number of halogens is 1. The van der Waals surface area contributed by atoms with Gasteiger partial charge in [0.1, 0.15) is 5.75 Å². The molecular weight excluding hydrogens is 286 g/mol. The van der Waals surface area contributed by atoms with Crippen LogP contribution in [-0.2, 0) is 11.2 Å². The molecule has 1 amide bonds. The predicted molar refractivity (Wildman–Crippen MR) is 86.0 cm³/mol. The molecule has 0 aliphatic heterocycles. The minimum Gasteiger partial charge on any atom is -0.494 e. The van der Waals surface area contributed by atoms with Crippen LogP contribution in [0.25, 0.3) is 0 Å². The summed E-state index contributed by atoms with van der Waals surface area (Å²) < 4.78 is 5.36. The number of anilines is 1. The molecule has 4 heteroatoms. The zero-order valence-electron chi connectivity index (χ0n) is 11.9. The number of aryl methyl sites for hydroxylation is 1. The molecule has 1 N–H and O–H groups in total. The number of hydrogen-bond donors (Lipinski definition) is 1. The maximum Gasteiger partial charge on any atom is 0.224 e. The first-order valence-electron chi connectivity index (χ1n) is 6.94. The fourth-order valence-electron chi connectivity index (χ4n) is 1.93. The van der Waals surface area contributed by atoms with E-state index in [1.807, 2.05) is 55.5 Å². The Morgan fingerprint density at radius 3 is 2.38 bits per heavy atom. The van der Waals surface area contributed by atoms with Crippen molar-refractivity contribution in [1.29, 1.82) is 0 Å². The highest BCUT2D eigenvalue weighted by atomic mass is 35.5. The third-order valence-corrected chi connectivity index (χ3v) is 3.26. The lowest BCUT2D eigenvalue weighted by molar-refractivity contribution is -0.116. The van der Waals surface area contributed by atoms with Crippen LogP contribution in [0.5, 0.6) is 5.75 Å². The fraction of sp³-hybridized carbons (Fsp3) is 0.235. The van der Waals surface area contributed by atoms with E-state index in [4.69, 9.17) is 16.3 Å². The summed E-state index contributed by atoms with van der Waals surface area (Å²) in [5.41, 5.74) is 1.88. The summed E-state index contributed by atoms with van der Waals surface area (Å²) in [6, 6.07) is 14.9. The molecule has 2 aromatic rings. The van der Waals surface area contributed by atoms with Gasteiger partial charge in [0.05, 0.1) is 6.61 Å². The van der Waals surface area contributed by atoms with Crippen LogP contribution >= 0.6 is 11.6 Å². The van der Waals surface area contributed by atoms with Crippen molar-refractivity contribution in [2.24, 2.45) is 0 Å². The van der Waals surface area contributed by atoms with E-state index < -0.39 is 0 Å². The molecule has 0 atom stereocenters. The Morgan fingerprint density at radius 1 is 1.10 bits per heavy atom. The summed E-state index contributed by atoms with van der Waals surface area (Å²) in [5.74, 6) is 0.797. The second-order valence-electron chi connectivity index (χ2n) is 4.63. The van der Waals surface area contributed by atoms with Crippen molar-refractivity contribution in [3.8, 4) is 5.75 Å². The van der Waals surface area contributed by atoms with E-state index >= 15 is 0 Å². The molecule has 0 saturated carbocycles. The van der Waals surface area contributed by atoms with Crippen LogP contribution in [0.15, 0.2) is 48.5 Å². The predicted octanol–water partition coefficient (Wildman–Crippen LogP) is 4.31. The van der Waals surface area contributed by atoms with Gasteiger partial charge in [0.25, 0.3) is 0 Å². The molecule has 3 nitrogen and oxygen atoms in total. The Morgan fingerprint density at radius 2 is 1.76 bits per heavy atom. The van der Waals surface area contributed by atoms with Gasteiger partial charge in [-0.15, -0.1) is 0 Å². The third-order valence-electron chi connectivity index (χ3n) is 3.00. The van der Waals surface area contributed by atoms with Gasteiger partial charge < -0.3 is 10.1 Å². The minimum absolute atomic E-state index is 0.00545. The molecule has 110 valence electrons. The fourth-order valence-corrected chi connectivity index (χ4v) is 2.06. The molecule has 0 fully saturated rings. The Balaban J connectivity index is 1.82. The van der Waals surface area contributed by atoms with E-state index in [-0.39, 0.29) is 5.91 Å². The highest BCUT2D eigenvalue weighted by molar-refractivity contribution is 6.30. The normalized spacial score (nSPS) is 10.2. The Hall–Kier alpha value is -2.00. The molecule has 0 bridgehead atoms. The highest BCUT2D eigenvalue weighted by Gasteiger charge is 2.03. The van der Waals surface area contributed by atoms with Crippen molar-refractivity contribution in [2.45, 2.75) is 19.8 Å². The quantitative estimate of drug-likeness (QED) is 0.863. The number of benzene rings is 2. The van der Waals surface area contributed by atoms with E-state index in [1.165, 1.54) is 0 Å². The zero-order valence-corrected chi connectivity index (χ0v) is 12.7. The summed E-state index contributed by atoms with van der Waals surface area (Å²) in [6.45, 7) is 2.57. The summed E-state index contributed by atoms with van der Waals surface area (Å²) in [7, 11) is 0. The van der Waals surface area contributed by atoms with E-state index in [2.05, 4.69) is 5.32 Å². The van der Waals surface area contributed by atoms with Crippen LogP contribution in [0.3, 0.4) is 0 Å². The van der Waals surface area contributed by atoms with Crippen LogP contribution in [0.1, 0.15) is 18.9 Å². The molecule has 0 aliphatic carbocycles. The van der Waals surface area contributed by atoms with Crippen molar-refractivity contribution in [3.05, 3.63) is 59.1 Å². The van der Waals surface area contributed by atoms with E-state index in [0.29, 0.717) is 24.5 Å². The van der Waals surface area contributed by atoms with Gasteiger partial charge in [-0.3, -0.25) is 4.79 Å². The smallest absolute Gasteiger partial charge is 0.224 e. The van der Waals surface area contributed by atoms with Crippen LogP contribution in [0, 0.1) is 0 Å². The number of hydrogen-bond acceptors (Lipinski definition) is 2. The first kappa shape index (κ1) is 15.4. The number of carbonyl (C=O) groups excluding carboxylic acids is 1. The monoisotopic (exact) mass is 303 g/mol. The summed E-state index contributed by atoms with van der Waals surface area (Å²) >= 11 is 5.83. The molecule has 0 radical (unpaired) electrons. The first-order valence-corrected chi connectivity index (χ1v) is 7.32. The number of amides is 1. The number of rotatable bonds is 6. The maximum atomic E-state index is 11.9. The molecule has 0 aliphatic rings. The summed E-state index contributed by atoms with van der Waals surface area (Å²) in [4.78, 5) is 11.9. The molecule has 21 heavy (non-hydrogen) atoms. The summed E-state index contributed by atoms with van der Waals surface area (Å²) in [5, 5.41) is 3.58. The molecule has 0 aromatic heterocycles. The third kappa shape index (κ3) is 5.12. The average molecular weight is 304 g/mol. The number of ether oxygens (including phenoxy) is 1. The standard InChI is InChI=1S/C17H18ClNO2/c1-2-21-16-10-8-15(9-11-16)19-17(20)12-5-13-3-6-14(18)7-4-13/h3-4,6-11H,2,5,12H2,1H3,(H,19,20). The van der Waals surface area contributed by atoms with E-state index in [0.717, 1.165) is 17.0 Å². The van der Waals surface area contributed by atoms with Gasteiger partial charge in [-0.2, -0.15) is 0 Å². The molecule has 2 rings (SSSR count). The van der Waals surface area contributed by atoms with Crippen LogP contribution in [0.4, 0.5) is 5.69 Å². The van der Waals surface area contributed by atoms with Crippen LogP contribution in [0.2, 0.25) is 5.02 Å².